The molecule has 0 unspecified atom stereocenters. The summed E-state index contributed by atoms with van der Waals surface area (Å²) >= 11 is 0. The maximum atomic E-state index is 13.0. The highest BCUT2D eigenvalue weighted by Crippen LogP contribution is 2.30. The normalized spacial score (nSPS) is 15.2. The predicted octanol–water partition coefficient (Wildman–Crippen LogP) is 1.78. The Kier molecular flexibility index (Phi) is 6.50. The summed E-state index contributed by atoms with van der Waals surface area (Å²) in [5.41, 5.74) is 2.96. The summed E-state index contributed by atoms with van der Waals surface area (Å²) in [5, 5.41) is 24.8. The SMILES string of the molecule is COc1cc(/C=N/Nc2ccc([N+](=O)[O-])cc2S(=O)(=O)N2CCOCC2)ccc1O. The molecule has 30 heavy (non-hydrogen) atoms. The van der Waals surface area contributed by atoms with Gasteiger partial charge >= 0.3 is 0 Å². The summed E-state index contributed by atoms with van der Waals surface area (Å²) in [6, 6.07) is 8.05. The molecule has 1 saturated heterocycles. The molecule has 0 amide bonds. The van der Waals surface area contributed by atoms with E-state index >= 15 is 0 Å². The molecule has 11 nitrogen and oxygen atoms in total. The maximum absolute atomic E-state index is 13.0. The fourth-order valence-corrected chi connectivity index (χ4v) is 4.38. The zero-order valence-electron chi connectivity index (χ0n) is 16.0. The largest absolute Gasteiger partial charge is 0.504 e. The monoisotopic (exact) mass is 436 g/mol. The molecule has 2 aromatic rings. The number of non-ortho nitro benzene ring substituents is 1. The quantitative estimate of drug-likeness (QED) is 0.380. The minimum atomic E-state index is -4.00. The van der Waals surface area contributed by atoms with Gasteiger partial charge in [-0.15, -0.1) is 0 Å². The number of nitro benzene ring substituents is 1. The molecule has 0 aromatic heterocycles. The predicted molar refractivity (Wildman–Crippen MR) is 109 cm³/mol. The standard InChI is InChI=1S/C18H20N4O7S/c1-28-17-10-13(2-5-16(17)23)12-19-20-15-4-3-14(22(24)25)11-18(15)30(26,27)21-6-8-29-9-7-21/h2-5,10-12,20,23H,6-9H2,1H3/b19-12+. The van der Waals surface area contributed by atoms with E-state index in [1.807, 2.05) is 0 Å². The lowest BCUT2D eigenvalue weighted by atomic mass is 10.2. The van der Waals surface area contributed by atoms with Gasteiger partial charge in [-0.3, -0.25) is 15.5 Å². The van der Waals surface area contributed by atoms with Gasteiger partial charge in [-0.25, -0.2) is 8.42 Å². The van der Waals surface area contributed by atoms with E-state index in [9.17, 15) is 23.6 Å². The zero-order valence-corrected chi connectivity index (χ0v) is 16.8. The minimum Gasteiger partial charge on any atom is -0.504 e. The molecule has 0 bridgehead atoms. The van der Waals surface area contributed by atoms with Crippen LogP contribution in [0.3, 0.4) is 0 Å². The average Bonchev–Trinajstić information content (AvgIpc) is 2.75. The van der Waals surface area contributed by atoms with Crippen LogP contribution >= 0.6 is 0 Å². The molecule has 1 fully saturated rings. The zero-order chi connectivity index (χ0) is 21.7. The molecule has 1 aliphatic heterocycles. The van der Waals surface area contributed by atoms with Crippen LogP contribution in [0.15, 0.2) is 46.4 Å². The number of aromatic hydroxyl groups is 1. The Labute approximate surface area is 172 Å². The molecule has 2 aromatic carbocycles. The van der Waals surface area contributed by atoms with Crippen LogP contribution in [0.5, 0.6) is 11.5 Å². The molecule has 0 saturated carbocycles. The summed E-state index contributed by atoms with van der Waals surface area (Å²) in [4.78, 5) is 10.2. The summed E-state index contributed by atoms with van der Waals surface area (Å²) in [7, 11) is -2.59. The average molecular weight is 436 g/mol. The van der Waals surface area contributed by atoms with E-state index in [-0.39, 0.29) is 54.1 Å². The molecule has 1 heterocycles. The number of phenolic OH excluding ortho intramolecular Hbond substituents is 1. The Morgan fingerprint density at radius 1 is 1.27 bits per heavy atom. The lowest BCUT2D eigenvalue weighted by Crippen LogP contribution is -2.40. The molecule has 3 rings (SSSR count). The number of benzene rings is 2. The van der Waals surface area contributed by atoms with E-state index in [0.29, 0.717) is 5.56 Å². The van der Waals surface area contributed by atoms with Crippen molar-refractivity contribution in [1.29, 1.82) is 0 Å². The van der Waals surface area contributed by atoms with Crippen molar-refractivity contribution in [3.05, 3.63) is 52.1 Å². The van der Waals surface area contributed by atoms with E-state index < -0.39 is 14.9 Å². The lowest BCUT2D eigenvalue weighted by molar-refractivity contribution is -0.385. The number of nitro groups is 1. The number of hydrogen-bond acceptors (Lipinski definition) is 9. The molecule has 0 radical (unpaired) electrons. The van der Waals surface area contributed by atoms with Crippen molar-refractivity contribution in [3.8, 4) is 11.5 Å². The summed E-state index contributed by atoms with van der Waals surface area (Å²) in [6.45, 7) is 0.803. The number of morpholine rings is 1. The van der Waals surface area contributed by atoms with Gasteiger partial charge in [0.15, 0.2) is 11.5 Å². The Balaban J connectivity index is 1.91. The number of anilines is 1. The molecule has 0 atom stereocenters. The van der Waals surface area contributed by atoms with Crippen LogP contribution in [0.1, 0.15) is 5.56 Å². The molecule has 0 aliphatic carbocycles. The number of hydrogen-bond donors (Lipinski definition) is 2. The Morgan fingerprint density at radius 3 is 2.67 bits per heavy atom. The highest BCUT2D eigenvalue weighted by molar-refractivity contribution is 7.89. The summed E-state index contributed by atoms with van der Waals surface area (Å²) in [5.74, 6) is 0.224. The van der Waals surface area contributed by atoms with Crippen LogP contribution in [0.4, 0.5) is 11.4 Å². The first-order valence-electron chi connectivity index (χ1n) is 8.85. The van der Waals surface area contributed by atoms with Crippen LogP contribution in [0, 0.1) is 10.1 Å². The van der Waals surface area contributed by atoms with Crippen LogP contribution in [0.25, 0.3) is 0 Å². The molecule has 160 valence electrons. The van der Waals surface area contributed by atoms with Gasteiger partial charge in [0.05, 0.1) is 37.1 Å². The number of nitrogens with zero attached hydrogens (tertiary/aromatic N) is 3. The van der Waals surface area contributed by atoms with E-state index in [1.165, 1.54) is 35.8 Å². The Bertz CT molecular complexity index is 1070. The molecule has 1 aliphatic rings. The van der Waals surface area contributed by atoms with Gasteiger partial charge in [-0.05, 0) is 29.8 Å². The fraction of sp³-hybridized carbons (Fsp3) is 0.278. The van der Waals surface area contributed by atoms with Crippen molar-refractivity contribution in [2.45, 2.75) is 4.90 Å². The first kappa shape index (κ1) is 21.5. The lowest BCUT2D eigenvalue weighted by Gasteiger charge is -2.26. The summed E-state index contributed by atoms with van der Waals surface area (Å²) < 4.78 is 37.5. The van der Waals surface area contributed by atoms with Gasteiger partial charge in [0.1, 0.15) is 4.90 Å². The number of rotatable bonds is 7. The Morgan fingerprint density at radius 2 is 2.00 bits per heavy atom. The van der Waals surface area contributed by atoms with Gasteiger partial charge in [-0.1, -0.05) is 0 Å². The van der Waals surface area contributed by atoms with E-state index in [2.05, 4.69) is 10.5 Å². The number of nitrogens with one attached hydrogen (secondary N) is 1. The molecule has 2 N–H and O–H groups in total. The van der Waals surface area contributed by atoms with E-state index in [1.54, 1.807) is 12.1 Å². The molecular formula is C18H20N4O7S. The van der Waals surface area contributed by atoms with Gasteiger partial charge in [0, 0.05) is 25.2 Å². The third-order valence-corrected chi connectivity index (χ3v) is 6.30. The number of hydrazone groups is 1. The molecule has 0 spiro atoms. The van der Waals surface area contributed by atoms with Gasteiger partial charge in [-0.2, -0.15) is 9.41 Å². The second-order valence-electron chi connectivity index (χ2n) is 6.26. The van der Waals surface area contributed by atoms with Gasteiger partial charge < -0.3 is 14.6 Å². The Hall–Kier alpha value is -3.22. The van der Waals surface area contributed by atoms with Crippen LogP contribution in [-0.2, 0) is 14.8 Å². The number of sulfonamides is 1. The van der Waals surface area contributed by atoms with Crippen LogP contribution < -0.4 is 10.2 Å². The van der Waals surface area contributed by atoms with E-state index in [0.717, 1.165) is 6.07 Å². The minimum absolute atomic E-state index is 0.0307. The van der Waals surface area contributed by atoms with Gasteiger partial charge in [0.2, 0.25) is 10.0 Å². The van der Waals surface area contributed by atoms with Crippen LogP contribution in [-0.4, -0.2) is 62.4 Å². The third-order valence-electron chi connectivity index (χ3n) is 4.37. The number of phenols is 1. The second kappa shape index (κ2) is 9.07. The fourth-order valence-electron chi connectivity index (χ4n) is 2.81. The first-order chi connectivity index (χ1) is 14.3. The van der Waals surface area contributed by atoms with Crippen molar-refractivity contribution in [2.24, 2.45) is 5.10 Å². The van der Waals surface area contributed by atoms with Crippen LogP contribution in [0.2, 0.25) is 0 Å². The van der Waals surface area contributed by atoms with Crippen molar-refractivity contribution < 1.29 is 27.9 Å². The van der Waals surface area contributed by atoms with Crippen molar-refractivity contribution in [2.75, 3.05) is 38.8 Å². The summed E-state index contributed by atoms with van der Waals surface area (Å²) in [6.07, 6.45) is 1.40. The molecular weight excluding hydrogens is 416 g/mol. The van der Waals surface area contributed by atoms with Gasteiger partial charge in [0.25, 0.3) is 5.69 Å². The molecule has 12 heteroatoms. The maximum Gasteiger partial charge on any atom is 0.270 e. The van der Waals surface area contributed by atoms with Crippen molar-refractivity contribution in [1.82, 2.24) is 4.31 Å². The smallest absolute Gasteiger partial charge is 0.270 e. The second-order valence-corrected chi connectivity index (χ2v) is 8.16. The van der Waals surface area contributed by atoms with E-state index in [4.69, 9.17) is 9.47 Å². The third kappa shape index (κ3) is 4.67. The van der Waals surface area contributed by atoms with Crippen molar-refractivity contribution >= 4 is 27.6 Å². The highest BCUT2D eigenvalue weighted by atomic mass is 32.2. The first-order valence-corrected chi connectivity index (χ1v) is 10.3. The highest BCUT2D eigenvalue weighted by Gasteiger charge is 2.30. The topological polar surface area (TPSA) is 144 Å². The van der Waals surface area contributed by atoms with Crippen molar-refractivity contribution in [3.63, 3.8) is 0 Å². The number of methoxy groups -OCH3 is 1. The number of ether oxygens (including phenoxy) is 2.